The summed E-state index contributed by atoms with van der Waals surface area (Å²) in [4.78, 5) is 0. The van der Waals surface area contributed by atoms with Gasteiger partial charge >= 0.3 is 0 Å². The van der Waals surface area contributed by atoms with Gasteiger partial charge in [0, 0.05) is 0 Å². The van der Waals surface area contributed by atoms with Crippen LogP contribution in [0.2, 0.25) is 0 Å². The third kappa shape index (κ3) is 1.43. The van der Waals surface area contributed by atoms with Crippen molar-refractivity contribution in [3.8, 4) is 0 Å². The van der Waals surface area contributed by atoms with Crippen LogP contribution in [0.5, 0.6) is 0 Å². The number of hydrogen-bond donors (Lipinski definition) is 0. The molecule has 0 atom stereocenters. The summed E-state index contributed by atoms with van der Waals surface area (Å²) in [5.74, 6) is -1.54. The molecule has 1 aromatic heterocycles. The van der Waals surface area contributed by atoms with Crippen LogP contribution >= 0.6 is 49.9 Å². The fraction of sp³-hybridized carbons (Fsp3) is 0. The van der Waals surface area contributed by atoms with E-state index < -0.39 is 11.6 Å². The lowest BCUT2D eigenvalue weighted by molar-refractivity contribution is 0.509. The molecule has 0 aliphatic carbocycles. The van der Waals surface area contributed by atoms with E-state index in [1.54, 1.807) is 22.6 Å². The monoisotopic (exact) mass is 324 g/mol. The van der Waals surface area contributed by atoms with Crippen LogP contribution < -0.4 is 0 Å². The molecule has 0 spiro atoms. The van der Waals surface area contributed by atoms with Crippen LogP contribution in [0.1, 0.15) is 0 Å². The van der Waals surface area contributed by atoms with Crippen LogP contribution in [0.25, 0.3) is 0 Å². The van der Waals surface area contributed by atoms with Gasteiger partial charge in [0.2, 0.25) is 0 Å². The number of hydrogen-bond acceptors (Lipinski definition) is 1. The Morgan fingerprint density at radius 3 is 2.00 bits per heavy atom. The maximum atomic E-state index is 12.3. The van der Waals surface area contributed by atoms with Gasteiger partial charge in [-0.25, -0.2) is 8.78 Å². The van der Waals surface area contributed by atoms with Crippen LogP contribution in [0.3, 0.4) is 0 Å². The molecule has 1 aromatic rings. The lowest BCUT2D eigenvalue weighted by atomic mass is 10.6. The van der Waals surface area contributed by atoms with Gasteiger partial charge in [0.25, 0.3) is 0 Å². The Morgan fingerprint density at radius 1 is 1.33 bits per heavy atom. The standard InChI is InChI=1S/C4BrF2IS/c5-3-1(6)2(7)4(8)9-3. The average Bonchev–Trinajstić information content (AvgIpc) is 1.98. The Labute approximate surface area is 76.5 Å². The summed E-state index contributed by atoms with van der Waals surface area (Å²) >= 11 is 5.66. The van der Waals surface area contributed by atoms with E-state index in [0.717, 1.165) is 11.3 Å². The lowest BCUT2D eigenvalue weighted by Gasteiger charge is -1.78. The third-order valence-electron chi connectivity index (χ3n) is 0.717. The van der Waals surface area contributed by atoms with Crippen molar-refractivity contribution in [3.63, 3.8) is 0 Å². The largest absolute Gasteiger partial charge is 0.202 e. The molecule has 5 heteroatoms. The van der Waals surface area contributed by atoms with E-state index in [-0.39, 0.29) is 3.79 Å². The summed E-state index contributed by atoms with van der Waals surface area (Å²) in [6.07, 6.45) is 0. The first-order valence-corrected chi connectivity index (χ1v) is 4.60. The first-order chi connectivity index (χ1) is 4.13. The fourth-order valence-corrected chi connectivity index (χ4v) is 3.32. The van der Waals surface area contributed by atoms with Gasteiger partial charge in [0.05, 0.1) is 0 Å². The van der Waals surface area contributed by atoms with Gasteiger partial charge in [-0.2, -0.15) is 0 Å². The zero-order chi connectivity index (χ0) is 7.02. The van der Waals surface area contributed by atoms with Gasteiger partial charge < -0.3 is 0 Å². The van der Waals surface area contributed by atoms with Crippen molar-refractivity contribution in [1.29, 1.82) is 0 Å². The molecule has 0 amide bonds. The highest BCUT2D eigenvalue weighted by Crippen LogP contribution is 2.30. The molecule has 0 nitrogen and oxygen atoms in total. The van der Waals surface area contributed by atoms with E-state index in [1.807, 2.05) is 0 Å². The Balaban J connectivity index is 3.29. The van der Waals surface area contributed by atoms with E-state index in [9.17, 15) is 8.78 Å². The van der Waals surface area contributed by atoms with Gasteiger partial charge in [-0.1, -0.05) is 0 Å². The first-order valence-electron chi connectivity index (χ1n) is 1.91. The minimum absolute atomic E-state index is 0.226. The van der Waals surface area contributed by atoms with Crippen LogP contribution in [0.15, 0.2) is 3.79 Å². The summed E-state index contributed by atoms with van der Waals surface area (Å²) in [6.45, 7) is 0. The highest BCUT2D eigenvalue weighted by Gasteiger charge is 2.13. The maximum Gasteiger partial charge on any atom is 0.184 e. The molecule has 0 aliphatic rings. The smallest absolute Gasteiger partial charge is 0.184 e. The maximum absolute atomic E-state index is 12.3. The van der Waals surface area contributed by atoms with Crippen molar-refractivity contribution in [3.05, 3.63) is 18.3 Å². The molecule has 0 N–H and O–H groups in total. The SMILES string of the molecule is Fc1c(Br)sc(I)c1F. The van der Waals surface area contributed by atoms with E-state index in [1.165, 1.54) is 0 Å². The number of thiophene rings is 1. The summed E-state index contributed by atoms with van der Waals surface area (Å²) in [7, 11) is 0. The highest BCUT2D eigenvalue weighted by atomic mass is 127. The van der Waals surface area contributed by atoms with Crippen molar-refractivity contribution in [2.24, 2.45) is 0 Å². The Hall–Kier alpha value is 0.770. The van der Waals surface area contributed by atoms with E-state index in [2.05, 4.69) is 15.9 Å². The normalized spacial score (nSPS) is 10.2. The first kappa shape index (κ1) is 7.87. The molecule has 0 saturated heterocycles. The van der Waals surface area contributed by atoms with Crippen LogP contribution in [0, 0.1) is 14.5 Å². The average molecular weight is 325 g/mol. The highest BCUT2D eigenvalue weighted by molar-refractivity contribution is 14.1. The molecule has 1 heterocycles. The van der Waals surface area contributed by atoms with Gasteiger partial charge in [-0.15, -0.1) is 11.3 Å². The minimum Gasteiger partial charge on any atom is -0.202 e. The molecule has 50 valence electrons. The van der Waals surface area contributed by atoms with Gasteiger partial charge in [0.1, 0.15) is 6.67 Å². The van der Waals surface area contributed by atoms with Crippen LogP contribution in [-0.2, 0) is 0 Å². The number of rotatable bonds is 0. The molecule has 0 radical (unpaired) electrons. The summed E-state index contributed by atoms with van der Waals surface area (Å²) in [5.41, 5.74) is 0. The van der Waals surface area contributed by atoms with Crippen molar-refractivity contribution in [2.45, 2.75) is 0 Å². The van der Waals surface area contributed by atoms with Crippen molar-refractivity contribution < 1.29 is 8.78 Å². The quantitative estimate of drug-likeness (QED) is 0.642. The Bertz CT molecular complexity index is 212. The molecule has 1 rings (SSSR count). The minimum atomic E-state index is -0.788. The molecule has 9 heavy (non-hydrogen) atoms. The second-order valence-corrected chi connectivity index (χ2v) is 5.43. The Kier molecular flexibility index (Phi) is 2.44. The zero-order valence-electron chi connectivity index (χ0n) is 3.92. The van der Waals surface area contributed by atoms with Crippen molar-refractivity contribution in [1.82, 2.24) is 0 Å². The summed E-state index contributed by atoms with van der Waals surface area (Å²) in [5, 5.41) is 0. The lowest BCUT2D eigenvalue weighted by Crippen LogP contribution is -1.74. The topological polar surface area (TPSA) is 0 Å². The molecule has 0 fully saturated rings. The van der Waals surface area contributed by atoms with Crippen molar-refractivity contribution >= 4 is 49.9 Å². The molecular weight excluding hydrogens is 325 g/mol. The van der Waals surface area contributed by atoms with E-state index >= 15 is 0 Å². The number of halogens is 4. The summed E-state index contributed by atoms with van der Waals surface area (Å²) in [6, 6.07) is 0. The predicted octanol–water partition coefficient (Wildman–Crippen LogP) is 3.39. The van der Waals surface area contributed by atoms with Gasteiger partial charge in [-0.3, -0.25) is 0 Å². The zero-order valence-corrected chi connectivity index (χ0v) is 8.48. The van der Waals surface area contributed by atoms with Crippen LogP contribution in [0.4, 0.5) is 8.78 Å². The van der Waals surface area contributed by atoms with E-state index in [4.69, 9.17) is 0 Å². The Morgan fingerprint density at radius 2 is 1.89 bits per heavy atom. The second-order valence-electron chi connectivity index (χ2n) is 1.28. The third-order valence-corrected chi connectivity index (χ3v) is 3.40. The molecule has 0 bridgehead atoms. The molecular formula is C4BrF2IS. The molecule has 0 aliphatic heterocycles. The van der Waals surface area contributed by atoms with E-state index in [0.29, 0.717) is 2.88 Å². The van der Waals surface area contributed by atoms with Gasteiger partial charge in [0.15, 0.2) is 11.6 Å². The summed E-state index contributed by atoms with van der Waals surface area (Å²) < 4.78 is 25.3. The van der Waals surface area contributed by atoms with Crippen LogP contribution in [-0.4, -0.2) is 0 Å². The predicted molar refractivity (Wildman–Crippen MR) is 44.7 cm³/mol. The molecule has 0 saturated carbocycles. The fourth-order valence-electron chi connectivity index (χ4n) is 0.341. The molecule has 0 aromatic carbocycles. The van der Waals surface area contributed by atoms with Crippen molar-refractivity contribution in [2.75, 3.05) is 0 Å². The molecule has 0 unspecified atom stereocenters. The second kappa shape index (κ2) is 2.79. The van der Waals surface area contributed by atoms with Gasteiger partial charge in [-0.05, 0) is 38.5 Å².